The summed E-state index contributed by atoms with van der Waals surface area (Å²) in [5.41, 5.74) is 1.45. The summed E-state index contributed by atoms with van der Waals surface area (Å²) in [6, 6.07) is 9.05. The molecule has 2 aromatic heterocycles. The Morgan fingerprint density at radius 1 is 1.17 bits per heavy atom. The third-order valence-corrected chi connectivity index (χ3v) is 5.42. The third kappa shape index (κ3) is 4.91. The molecule has 8 heteroatoms. The van der Waals surface area contributed by atoms with Gasteiger partial charge in [-0.3, -0.25) is 9.59 Å². The molecule has 0 bridgehead atoms. The van der Waals surface area contributed by atoms with Gasteiger partial charge in [-0.25, -0.2) is 4.98 Å². The molecule has 1 aromatic carbocycles. The predicted molar refractivity (Wildman–Crippen MR) is 111 cm³/mol. The van der Waals surface area contributed by atoms with E-state index in [0.717, 1.165) is 18.4 Å². The van der Waals surface area contributed by atoms with Gasteiger partial charge in [-0.2, -0.15) is 0 Å². The number of carbonyl (C=O) groups excluding carboxylic acids is 2. The minimum atomic E-state index is -0.0409. The zero-order chi connectivity index (χ0) is 20.9. The molecule has 0 spiro atoms. The lowest BCUT2D eigenvalue weighted by atomic mass is 10.0. The number of benzene rings is 1. The molecule has 0 atom stereocenters. The van der Waals surface area contributed by atoms with Gasteiger partial charge in [0.05, 0.1) is 18.0 Å². The maximum Gasteiger partial charge on any atom is 0.257 e. The predicted octanol–water partition coefficient (Wildman–Crippen LogP) is 3.94. The van der Waals surface area contributed by atoms with Crippen LogP contribution in [-0.2, 0) is 11.2 Å². The molecule has 0 radical (unpaired) electrons. The fourth-order valence-corrected chi connectivity index (χ4v) is 3.62. The average Bonchev–Trinajstić information content (AvgIpc) is 3.45. The largest absolute Gasteiger partial charge is 0.472 e. The summed E-state index contributed by atoms with van der Waals surface area (Å²) in [7, 11) is 0. The second kappa shape index (κ2) is 9.17. The van der Waals surface area contributed by atoms with Crippen molar-refractivity contribution in [2.45, 2.75) is 31.7 Å². The van der Waals surface area contributed by atoms with Crippen LogP contribution in [0.1, 0.15) is 35.5 Å². The Morgan fingerprint density at radius 2 is 1.93 bits per heavy atom. The quantitative estimate of drug-likeness (QED) is 0.643. The molecule has 3 aromatic rings. The molecular formula is C22H22ClN3O4. The topological polar surface area (TPSA) is 88.6 Å². The molecule has 30 heavy (non-hydrogen) atoms. The van der Waals surface area contributed by atoms with Gasteiger partial charge in [0.2, 0.25) is 5.91 Å². The standard InChI is InChI=1S/C22H22ClN3O4/c23-17-3-1-15(2-4-17)19-13-24-21(30-19)6-5-20(27)25-18-7-10-26(11-8-18)22(28)16-9-12-29-14-16/h1-4,9,12-14,18H,5-8,10-11H2,(H,25,27). The van der Waals surface area contributed by atoms with E-state index in [1.165, 1.54) is 12.5 Å². The van der Waals surface area contributed by atoms with E-state index in [-0.39, 0.29) is 17.9 Å². The Balaban J connectivity index is 1.21. The van der Waals surface area contributed by atoms with Crippen LogP contribution in [0, 0.1) is 0 Å². The molecule has 1 fully saturated rings. The van der Waals surface area contributed by atoms with Gasteiger partial charge in [-0.1, -0.05) is 11.6 Å². The van der Waals surface area contributed by atoms with Gasteiger partial charge in [0.25, 0.3) is 5.91 Å². The van der Waals surface area contributed by atoms with Crippen molar-refractivity contribution >= 4 is 23.4 Å². The number of furan rings is 1. The smallest absolute Gasteiger partial charge is 0.257 e. The number of halogens is 1. The van der Waals surface area contributed by atoms with Crippen molar-refractivity contribution in [2.24, 2.45) is 0 Å². The van der Waals surface area contributed by atoms with Crippen LogP contribution in [0.4, 0.5) is 0 Å². The van der Waals surface area contributed by atoms with Gasteiger partial charge >= 0.3 is 0 Å². The van der Waals surface area contributed by atoms with Crippen molar-refractivity contribution in [3.63, 3.8) is 0 Å². The van der Waals surface area contributed by atoms with Gasteiger partial charge in [-0.05, 0) is 43.2 Å². The minimum Gasteiger partial charge on any atom is -0.472 e. The summed E-state index contributed by atoms with van der Waals surface area (Å²) in [6.07, 6.45) is 6.79. The lowest BCUT2D eigenvalue weighted by Crippen LogP contribution is -2.46. The van der Waals surface area contributed by atoms with E-state index in [2.05, 4.69) is 10.3 Å². The summed E-state index contributed by atoms with van der Waals surface area (Å²) in [4.78, 5) is 30.7. The van der Waals surface area contributed by atoms with Gasteiger partial charge in [0.1, 0.15) is 6.26 Å². The highest BCUT2D eigenvalue weighted by Gasteiger charge is 2.25. The van der Waals surface area contributed by atoms with Gasteiger partial charge < -0.3 is 19.1 Å². The number of aryl methyl sites for hydroxylation is 1. The number of piperidine rings is 1. The number of amides is 2. The molecular weight excluding hydrogens is 406 g/mol. The Kier molecular flexibility index (Phi) is 6.18. The van der Waals surface area contributed by atoms with Crippen molar-refractivity contribution in [1.82, 2.24) is 15.2 Å². The fourth-order valence-electron chi connectivity index (χ4n) is 3.49. The first-order valence-electron chi connectivity index (χ1n) is 9.90. The zero-order valence-corrected chi connectivity index (χ0v) is 17.1. The summed E-state index contributed by atoms with van der Waals surface area (Å²) < 4.78 is 10.7. The average molecular weight is 428 g/mol. The van der Waals surface area contributed by atoms with Gasteiger partial charge in [-0.15, -0.1) is 0 Å². The van der Waals surface area contributed by atoms with E-state index in [9.17, 15) is 9.59 Å². The van der Waals surface area contributed by atoms with E-state index in [4.69, 9.17) is 20.4 Å². The molecule has 156 valence electrons. The van der Waals surface area contributed by atoms with Crippen LogP contribution in [0.25, 0.3) is 11.3 Å². The number of nitrogens with zero attached hydrogens (tertiary/aromatic N) is 2. The first-order valence-corrected chi connectivity index (χ1v) is 10.3. The molecule has 1 N–H and O–H groups in total. The van der Waals surface area contributed by atoms with Gasteiger partial charge in [0.15, 0.2) is 11.7 Å². The zero-order valence-electron chi connectivity index (χ0n) is 16.3. The highest BCUT2D eigenvalue weighted by Crippen LogP contribution is 2.23. The Labute approximate surface area is 179 Å². The van der Waals surface area contributed by atoms with Crippen molar-refractivity contribution in [3.8, 4) is 11.3 Å². The van der Waals surface area contributed by atoms with E-state index < -0.39 is 0 Å². The number of nitrogens with one attached hydrogen (secondary N) is 1. The fraction of sp³-hybridized carbons (Fsp3) is 0.318. The Bertz CT molecular complexity index is 990. The highest BCUT2D eigenvalue weighted by molar-refractivity contribution is 6.30. The molecule has 1 aliphatic heterocycles. The first-order chi connectivity index (χ1) is 14.6. The lowest BCUT2D eigenvalue weighted by molar-refractivity contribution is -0.122. The Hall–Kier alpha value is -3.06. The molecule has 4 rings (SSSR count). The summed E-state index contributed by atoms with van der Waals surface area (Å²) in [6.45, 7) is 1.22. The van der Waals surface area contributed by atoms with E-state index >= 15 is 0 Å². The molecule has 3 heterocycles. The van der Waals surface area contributed by atoms with Crippen LogP contribution in [0.15, 0.2) is 57.9 Å². The van der Waals surface area contributed by atoms with Crippen LogP contribution in [0.5, 0.6) is 0 Å². The molecule has 1 aliphatic rings. The van der Waals surface area contributed by atoms with E-state index in [1.54, 1.807) is 29.3 Å². The molecule has 1 saturated heterocycles. The van der Waals surface area contributed by atoms with Crippen LogP contribution in [0.2, 0.25) is 5.02 Å². The monoisotopic (exact) mass is 427 g/mol. The number of aromatic nitrogens is 1. The van der Waals surface area contributed by atoms with Crippen LogP contribution in [-0.4, -0.2) is 40.8 Å². The SMILES string of the molecule is O=C(CCc1ncc(-c2ccc(Cl)cc2)o1)NC1CCN(C(=O)c2ccoc2)CC1. The molecule has 0 saturated carbocycles. The van der Waals surface area contributed by atoms with Crippen LogP contribution >= 0.6 is 11.6 Å². The number of carbonyl (C=O) groups is 2. The maximum atomic E-state index is 12.3. The maximum absolute atomic E-state index is 12.3. The normalized spacial score (nSPS) is 14.6. The summed E-state index contributed by atoms with van der Waals surface area (Å²) >= 11 is 5.90. The van der Waals surface area contributed by atoms with E-state index in [1.807, 2.05) is 12.1 Å². The van der Waals surface area contributed by atoms with Crippen LogP contribution in [0.3, 0.4) is 0 Å². The van der Waals surface area contributed by atoms with Gasteiger partial charge in [0, 0.05) is 42.6 Å². The van der Waals surface area contributed by atoms with Crippen molar-refractivity contribution < 1.29 is 18.4 Å². The molecule has 0 unspecified atom stereocenters. The third-order valence-electron chi connectivity index (χ3n) is 5.16. The van der Waals surface area contributed by atoms with Crippen molar-refractivity contribution in [3.05, 3.63) is 65.5 Å². The summed E-state index contributed by atoms with van der Waals surface area (Å²) in [5.74, 6) is 1.10. The number of hydrogen-bond donors (Lipinski definition) is 1. The summed E-state index contributed by atoms with van der Waals surface area (Å²) in [5, 5.41) is 3.71. The second-order valence-electron chi connectivity index (χ2n) is 7.27. The van der Waals surface area contributed by atoms with Crippen LogP contribution < -0.4 is 5.32 Å². The second-order valence-corrected chi connectivity index (χ2v) is 7.71. The number of oxazole rings is 1. The number of rotatable bonds is 6. The van der Waals surface area contributed by atoms with E-state index in [0.29, 0.717) is 48.2 Å². The first kappa shape index (κ1) is 20.2. The highest BCUT2D eigenvalue weighted by atomic mass is 35.5. The lowest BCUT2D eigenvalue weighted by Gasteiger charge is -2.32. The molecule has 0 aliphatic carbocycles. The number of hydrogen-bond acceptors (Lipinski definition) is 5. The molecule has 7 nitrogen and oxygen atoms in total. The number of likely N-dealkylation sites (tertiary alicyclic amines) is 1. The van der Waals surface area contributed by atoms with Crippen molar-refractivity contribution in [2.75, 3.05) is 13.1 Å². The Morgan fingerprint density at radius 3 is 2.63 bits per heavy atom. The molecule has 2 amide bonds. The van der Waals surface area contributed by atoms with Crippen molar-refractivity contribution in [1.29, 1.82) is 0 Å². The minimum absolute atomic E-state index is 0.0334.